The van der Waals surface area contributed by atoms with Gasteiger partial charge in [0.15, 0.2) is 0 Å². The molecule has 1 aliphatic rings. The van der Waals surface area contributed by atoms with Crippen molar-refractivity contribution >= 4 is 0 Å². The molecule has 2 rings (SSSR count). The molecule has 1 heterocycles. The summed E-state index contributed by atoms with van der Waals surface area (Å²) in [6.45, 7) is 0. The van der Waals surface area contributed by atoms with Gasteiger partial charge in [0.1, 0.15) is 6.10 Å². The van der Waals surface area contributed by atoms with Crippen LogP contribution in [0.15, 0.2) is 12.4 Å². The van der Waals surface area contributed by atoms with Crippen molar-refractivity contribution in [1.29, 1.82) is 0 Å². The van der Waals surface area contributed by atoms with Gasteiger partial charge in [-0.2, -0.15) is 0 Å². The van der Waals surface area contributed by atoms with E-state index in [0.29, 0.717) is 12.1 Å². The van der Waals surface area contributed by atoms with Crippen LogP contribution in [0.1, 0.15) is 19.3 Å². The van der Waals surface area contributed by atoms with E-state index in [4.69, 9.17) is 4.74 Å². The monoisotopic (exact) mass is 149 g/mol. The number of hydrogen-bond acceptors (Lipinski definition) is 3. The molecule has 1 aromatic rings. The van der Waals surface area contributed by atoms with E-state index >= 15 is 0 Å². The van der Waals surface area contributed by atoms with Gasteiger partial charge in [-0.1, -0.05) is 0 Å². The lowest BCUT2D eigenvalue weighted by Crippen LogP contribution is -2.25. The molecule has 0 aromatic carbocycles. The highest BCUT2D eigenvalue weighted by Crippen LogP contribution is 2.22. The fraction of sp³-hybridized carbons (Fsp3) is 0.500. The molecule has 0 bridgehead atoms. The topological polar surface area (TPSA) is 35.0 Å². The Morgan fingerprint density at radius 2 is 2.09 bits per heavy atom. The molecule has 0 saturated heterocycles. The molecule has 0 amide bonds. The first-order chi connectivity index (χ1) is 5.45. The summed E-state index contributed by atoms with van der Waals surface area (Å²) in [6, 6.07) is 3.22. The standard InChI is InChI=1S/C8H9N2O/c1-3-7(4-1)11-8-9-5-2-6-10-8/h5-7H,1,3-4H2. The van der Waals surface area contributed by atoms with Gasteiger partial charge in [0.05, 0.1) is 0 Å². The zero-order valence-electron chi connectivity index (χ0n) is 6.16. The van der Waals surface area contributed by atoms with Crippen molar-refractivity contribution in [3.63, 3.8) is 0 Å². The van der Waals surface area contributed by atoms with Crippen molar-refractivity contribution < 1.29 is 4.74 Å². The molecule has 3 heteroatoms. The third-order valence-corrected chi connectivity index (χ3v) is 1.82. The lowest BCUT2D eigenvalue weighted by Gasteiger charge is -2.24. The van der Waals surface area contributed by atoms with Crippen LogP contribution in [-0.4, -0.2) is 16.1 Å². The van der Waals surface area contributed by atoms with E-state index in [1.54, 1.807) is 12.4 Å². The van der Waals surface area contributed by atoms with Crippen LogP contribution in [-0.2, 0) is 0 Å². The summed E-state index contributed by atoms with van der Waals surface area (Å²) >= 11 is 0. The highest BCUT2D eigenvalue weighted by Gasteiger charge is 2.19. The zero-order chi connectivity index (χ0) is 7.52. The van der Waals surface area contributed by atoms with Gasteiger partial charge in [0.25, 0.3) is 0 Å². The van der Waals surface area contributed by atoms with Crippen LogP contribution in [0.2, 0.25) is 0 Å². The highest BCUT2D eigenvalue weighted by atomic mass is 16.5. The second-order valence-electron chi connectivity index (χ2n) is 2.64. The van der Waals surface area contributed by atoms with Gasteiger partial charge in [0, 0.05) is 18.5 Å². The maximum atomic E-state index is 5.41. The summed E-state index contributed by atoms with van der Waals surface area (Å²) in [5.41, 5.74) is 0. The summed E-state index contributed by atoms with van der Waals surface area (Å²) in [6.07, 6.45) is 7.05. The van der Waals surface area contributed by atoms with Crippen LogP contribution >= 0.6 is 0 Å². The first kappa shape index (κ1) is 6.58. The molecule has 1 aromatic heterocycles. The van der Waals surface area contributed by atoms with E-state index in [2.05, 4.69) is 16.0 Å². The lowest BCUT2D eigenvalue weighted by molar-refractivity contribution is 0.108. The molecular weight excluding hydrogens is 140 g/mol. The van der Waals surface area contributed by atoms with Gasteiger partial charge in [-0.15, -0.1) is 0 Å². The minimum Gasteiger partial charge on any atom is -0.460 e. The quantitative estimate of drug-likeness (QED) is 0.634. The molecule has 11 heavy (non-hydrogen) atoms. The Kier molecular flexibility index (Phi) is 1.71. The summed E-state index contributed by atoms with van der Waals surface area (Å²) < 4.78 is 5.41. The molecule has 1 saturated carbocycles. The van der Waals surface area contributed by atoms with E-state index in [-0.39, 0.29) is 0 Å². The normalized spacial score (nSPS) is 17.5. The average Bonchev–Trinajstić information content (AvgIpc) is 1.99. The van der Waals surface area contributed by atoms with E-state index in [9.17, 15) is 0 Å². The van der Waals surface area contributed by atoms with Crippen molar-refractivity contribution in [2.24, 2.45) is 0 Å². The van der Waals surface area contributed by atoms with Crippen molar-refractivity contribution in [3.05, 3.63) is 18.5 Å². The zero-order valence-corrected chi connectivity index (χ0v) is 6.16. The van der Waals surface area contributed by atoms with E-state index < -0.39 is 0 Å². The molecule has 3 nitrogen and oxygen atoms in total. The summed E-state index contributed by atoms with van der Waals surface area (Å²) in [5, 5.41) is 0. The fourth-order valence-corrected chi connectivity index (χ4v) is 0.950. The number of ether oxygens (including phenoxy) is 1. The Balaban J connectivity index is 1.95. The van der Waals surface area contributed by atoms with Crippen LogP contribution in [0, 0.1) is 6.07 Å². The van der Waals surface area contributed by atoms with Gasteiger partial charge in [-0.05, 0) is 19.3 Å². The van der Waals surface area contributed by atoms with Crippen molar-refractivity contribution in [2.75, 3.05) is 0 Å². The molecule has 1 radical (unpaired) electrons. The number of nitrogens with zero attached hydrogens (tertiary/aromatic N) is 2. The van der Waals surface area contributed by atoms with E-state index in [0.717, 1.165) is 12.8 Å². The third kappa shape index (κ3) is 1.48. The van der Waals surface area contributed by atoms with Crippen LogP contribution < -0.4 is 4.74 Å². The number of rotatable bonds is 2. The molecule has 0 unspecified atom stereocenters. The number of hydrogen-bond donors (Lipinski definition) is 0. The Morgan fingerprint density at radius 1 is 1.36 bits per heavy atom. The van der Waals surface area contributed by atoms with Crippen LogP contribution in [0.3, 0.4) is 0 Å². The smallest absolute Gasteiger partial charge is 0.316 e. The summed E-state index contributed by atoms with van der Waals surface area (Å²) in [4.78, 5) is 7.82. The largest absolute Gasteiger partial charge is 0.460 e. The van der Waals surface area contributed by atoms with Gasteiger partial charge in [-0.3, -0.25) is 0 Å². The molecular formula is C8H9N2O. The molecule has 0 N–H and O–H groups in total. The Labute approximate surface area is 65.4 Å². The maximum absolute atomic E-state index is 5.41. The third-order valence-electron chi connectivity index (χ3n) is 1.82. The lowest BCUT2D eigenvalue weighted by atomic mass is 9.96. The minimum atomic E-state index is 0.359. The molecule has 0 spiro atoms. The van der Waals surface area contributed by atoms with Crippen molar-refractivity contribution in [1.82, 2.24) is 9.97 Å². The molecule has 0 atom stereocenters. The second-order valence-corrected chi connectivity index (χ2v) is 2.64. The maximum Gasteiger partial charge on any atom is 0.316 e. The first-order valence-corrected chi connectivity index (χ1v) is 3.80. The first-order valence-electron chi connectivity index (χ1n) is 3.80. The molecule has 1 fully saturated rings. The van der Waals surface area contributed by atoms with E-state index in [1.165, 1.54) is 6.42 Å². The molecule has 1 aliphatic carbocycles. The average molecular weight is 149 g/mol. The predicted molar refractivity (Wildman–Crippen MR) is 39.1 cm³/mol. The fourth-order valence-electron chi connectivity index (χ4n) is 0.950. The Morgan fingerprint density at radius 3 is 2.64 bits per heavy atom. The highest BCUT2D eigenvalue weighted by molar-refractivity contribution is 4.94. The van der Waals surface area contributed by atoms with Crippen LogP contribution in [0.4, 0.5) is 0 Å². The predicted octanol–water partition coefficient (Wildman–Crippen LogP) is 1.21. The second kappa shape index (κ2) is 2.86. The van der Waals surface area contributed by atoms with Crippen LogP contribution in [0.5, 0.6) is 6.01 Å². The van der Waals surface area contributed by atoms with Gasteiger partial charge >= 0.3 is 6.01 Å². The Hall–Kier alpha value is -1.12. The molecule has 57 valence electrons. The van der Waals surface area contributed by atoms with Gasteiger partial charge in [0.2, 0.25) is 0 Å². The number of aromatic nitrogens is 2. The van der Waals surface area contributed by atoms with Crippen molar-refractivity contribution in [3.8, 4) is 6.01 Å². The van der Waals surface area contributed by atoms with Crippen LogP contribution in [0.25, 0.3) is 0 Å². The SMILES string of the molecule is [c]1cnc(OC2CCC2)nc1. The summed E-state index contributed by atoms with van der Waals surface area (Å²) in [5.74, 6) is 0. The minimum absolute atomic E-state index is 0.359. The summed E-state index contributed by atoms with van der Waals surface area (Å²) in [7, 11) is 0. The Bertz CT molecular complexity index is 221. The van der Waals surface area contributed by atoms with Gasteiger partial charge < -0.3 is 4.74 Å². The molecule has 0 aliphatic heterocycles. The van der Waals surface area contributed by atoms with Gasteiger partial charge in [-0.25, -0.2) is 9.97 Å². The van der Waals surface area contributed by atoms with Crippen molar-refractivity contribution in [2.45, 2.75) is 25.4 Å². The van der Waals surface area contributed by atoms with E-state index in [1.807, 2.05) is 0 Å².